The number of pyridine rings is 1. The van der Waals surface area contributed by atoms with Crippen molar-refractivity contribution in [3.05, 3.63) is 59.1 Å². The number of carbonyl (C=O) groups excluding carboxylic acids is 1. The Morgan fingerprint density at radius 1 is 1.22 bits per heavy atom. The fourth-order valence-corrected chi connectivity index (χ4v) is 1.76. The number of hydrogen-bond acceptors (Lipinski definition) is 4. The molecule has 1 aromatic carbocycles. The van der Waals surface area contributed by atoms with Crippen molar-refractivity contribution in [2.24, 2.45) is 0 Å². The van der Waals surface area contributed by atoms with Crippen LogP contribution in [0.5, 0.6) is 11.5 Å². The van der Waals surface area contributed by atoms with Gasteiger partial charge in [0.1, 0.15) is 5.75 Å². The summed E-state index contributed by atoms with van der Waals surface area (Å²) in [6.07, 6.45) is -3.56. The molecule has 0 bridgehead atoms. The molecule has 1 heterocycles. The van der Waals surface area contributed by atoms with Gasteiger partial charge in [-0.15, -0.1) is 0 Å². The molecular formula is C15H12F3NO4. The van der Waals surface area contributed by atoms with Crippen molar-refractivity contribution in [1.29, 1.82) is 0 Å². The molecule has 0 N–H and O–H groups in total. The van der Waals surface area contributed by atoms with Crippen LogP contribution in [0.3, 0.4) is 0 Å². The smallest absolute Gasteiger partial charge is 0.416 e. The summed E-state index contributed by atoms with van der Waals surface area (Å²) in [7, 11) is 0. The lowest BCUT2D eigenvalue weighted by molar-refractivity contribution is -0.608. The predicted molar refractivity (Wildman–Crippen MR) is 72.9 cm³/mol. The Balaban J connectivity index is 2.21. The first-order chi connectivity index (χ1) is 10.8. The third kappa shape index (κ3) is 4.12. The van der Waals surface area contributed by atoms with E-state index in [2.05, 4.69) is 0 Å². The van der Waals surface area contributed by atoms with E-state index in [1.54, 1.807) is 6.92 Å². The summed E-state index contributed by atoms with van der Waals surface area (Å²) in [4.78, 5) is 11.5. The van der Waals surface area contributed by atoms with Gasteiger partial charge in [-0.2, -0.15) is 17.9 Å². The molecule has 0 unspecified atom stereocenters. The Hall–Kier alpha value is -2.77. The second-order valence-electron chi connectivity index (χ2n) is 4.42. The SMILES string of the molecule is CCOC(=O)c1ccc(Oc2cccc(C(F)(F)F)c2)c[n+]1[O-]. The lowest BCUT2D eigenvalue weighted by atomic mass is 10.2. The zero-order chi connectivity index (χ0) is 17.0. The second-order valence-corrected chi connectivity index (χ2v) is 4.42. The molecule has 0 aliphatic carbocycles. The number of nitrogens with zero attached hydrogens (tertiary/aromatic N) is 1. The molecule has 2 rings (SSSR count). The van der Waals surface area contributed by atoms with Crippen LogP contribution in [0, 0.1) is 5.21 Å². The van der Waals surface area contributed by atoms with Gasteiger partial charge in [-0.05, 0) is 31.2 Å². The first-order valence-electron chi connectivity index (χ1n) is 6.56. The lowest BCUT2D eigenvalue weighted by Gasteiger charge is -2.10. The molecule has 0 aliphatic heterocycles. The Labute approximate surface area is 129 Å². The third-order valence-electron chi connectivity index (χ3n) is 2.77. The van der Waals surface area contributed by atoms with Crippen molar-refractivity contribution in [1.82, 2.24) is 0 Å². The van der Waals surface area contributed by atoms with Crippen LogP contribution in [0.2, 0.25) is 0 Å². The fraction of sp³-hybridized carbons (Fsp3) is 0.200. The normalized spacial score (nSPS) is 11.1. The number of rotatable bonds is 4. The van der Waals surface area contributed by atoms with Gasteiger partial charge in [0.05, 0.1) is 12.2 Å². The van der Waals surface area contributed by atoms with Gasteiger partial charge in [0.2, 0.25) is 6.20 Å². The van der Waals surface area contributed by atoms with E-state index in [0.717, 1.165) is 18.3 Å². The van der Waals surface area contributed by atoms with Crippen LogP contribution in [0.15, 0.2) is 42.6 Å². The zero-order valence-corrected chi connectivity index (χ0v) is 12.0. The van der Waals surface area contributed by atoms with E-state index < -0.39 is 17.7 Å². The second kappa shape index (κ2) is 6.55. The number of aromatic nitrogens is 1. The van der Waals surface area contributed by atoms with Crippen LogP contribution in [-0.2, 0) is 10.9 Å². The summed E-state index contributed by atoms with van der Waals surface area (Å²) >= 11 is 0. The van der Waals surface area contributed by atoms with E-state index in [4.69, 9.17) is 9.47 Å². The molecular weight excluding hydrogens is 315 g/mol. The number of halogens is 3. The lowest BCUT2D eigenvalue weighted by Crippen LogP contribution is -2.34. The van der Waals surface area contributed by atoms with Gasteiger partial charge >= 0.3 is 17.8 Å². The summed E-state index contributed by atoms with van der Waals surface area (Å²) in [6, 6.07) is 6.70. The molecule has 0 radical (unpaired) electrons. The van der Waals surface area contributed by atoms with E-state index in [-0.39, 0.29) is 28.5 Å². The Morgan fingerprint density at radius 3 is 2.57 bits per heavy atom. The van der Waals surface area contributed by atoms with Crippen molar-refractivity contribution >= 4 is 5.97 Å². The Kier molecular flexibility index (Phi) is 4.73. The van der Waals surface area contributed by atoms with Crippen LogP contribution in [0.4, 0.5) is 13.2 Å². The van der Waals surface area contributed by atoms with Crippen molar-refractivity contribution in [3.8, 4) is 11.5 Å². The van der Waals surface area contributed by atoms with Crippen molar-refractivity contribution in [2.75, 3.05) is 6.61 Å². The van der Waals surface area contributed by atoms with Gasteiger partial charge in [-0.3, -0.25) is 0 Å². The number of alkyl halides is 3. The molecule has 0 amide bonds. The van der Waals surface area contributed by atoms with Gasteiger partial charge < -0.3 is 14.7 Å². The average Bonchev–Trinajstić information content (AvgIpc) is 2.47. The third-order valence-corrected chi connectivity index (χ3v) is 2.77. The topological polar surface area (TPSA) is 62.5 Å². The van der Waals surface area contributed by atoms with Gasteiger partial charge in [0.15, 0.2) is 5.75 Å². The molecule has 0 aliphatic rings. The van der Waals surface area contributed by atoms with E-state index in [1.807, 2.05) is 0 Å². The maximum Gasteiger partial charge on any atom is 0.416 e. The Morgan fingerprint density at radius 2 is 1.96 bits per heavy atom. The number of benzene rings is 1. The summed E-state index contributed by atoms with van der Waals surface area (Å²) in [6.45, 7) is 1.71. The highest BCUT2D eigenvalue weighted by molar-refractivity contribution is 5.85. The molecule has 0 saturated carbocycles. The molecule has 8 heteroatoms. The number of esters is 1. The van der Waals surface area contributed by atoms with Crippen LogP contribution in [0.25, 0.3) is 0 Å². The summed E-state index contributed by atoms with van der Waals surface area (Å²) in [5.41, 5.74) is -1.11. The molecule has 5 nitrogen and oxygen atoms in total. The fourth-order valence-electron chi connectivity index (χ4n) is 1.76. The number of ether oxygens (including phenoxy) is 2. The highest BCUT2D eigenvalue weighted by Gasteiger charge is 2.30. The van der Waals surface area contributed by atoms with E-state index >= 15 is 0 Å². The van der Waals surface area contributed by atoms with Gasteiger partial charge in [-0.1, -0.05) is 6.07 Å². The first-order valence-corrected chi connectivity index (χ1v) is 6.56. The largest absolute Gasteiger partial charge is 0.618 e. The standard InChI is InChI=1S/C15H12F3NO4/c1-2-22-14(20)13-7-6-12(9-19(13)21)23-11-5-3-4-10(8-11)15(16,17)18/h3-9H,2H2,1H3. The first kappa shape index (κ1) is 16.6. The highest BCUT2D eigenvalue weighted by atomic mass is 19.4. The minimum Gasteiger partial charge on any atom is -0.618 e. The summed E-state index contributed by atoms with van der Waals surface area (Å²) < 4.78 is 48.0. The van der Waals surface area contributed by atoms with Gasteiger partial charge in [-0.25, -0.2) is 4.79 Å². The quantitative estimate of drug-likeness (QED) is 0.491. The van der Waals surface area contributed by atoms with Crippen molar-refractivity contribution < 1.29 is 32.2 Å². The monoisotopic (exact) mass is 327 g/mol. The van der Waals surface area contributed by atoms with Crippen LogP contribution in [-0.4, -0.2) is 12.6 Å². The molecule has 0 saturated heterocycles. The average molecular weight is 327 g/mol. The van der Waals surface area contributed by atoms with E-state index in [0.29, 0.717) is 0 Å². The minimum atomic E-state index is -4.49. The predicted octanol–water partition coefficient (Wildman–Crippen LogP) is 3.31. The van der Waals surface area contributed by atoms with E-state index in [9.17, 15) is 23.2 Å². The molecule has 0 fully saturated rings. The summed E-state index contributed by atoms with van der Waals surface area (Å²) in [5, 5.41) is 11.7. The maximum absolute atomic E-state index is 12.6. The molecule has 0 atom stereocenters. The van der Waals surface area contributed by atoms with Gasteiger partial charge in [0, 0.05) is 6.07 Å². The minimum absolute atomic E-state index is 0.00706. The molecule has 0 spiro atoms. The summed E-state index contributed by atoms with van der Waals surface area (Å²) in [5.74, 6) is -0.885. The van der Waals surface area contributed by atoms with Crippen molar-refractivity contribution in [2.45, 2.75) is 13.1 Å². The molecule has 23 heavy (non-hydrogen) atoms. The molecule has 122 valence electrons. The van der Waals surface area contributed by atoms with E-state index in [1.165, 1.54) is 24.3 Å². The zero-order valence-electron chi connectivity index (χ0n) is 12.0. The van der Waals surface area contributed by atoms with Crippen molar-refractivity contribution in [3.63, 3.8) is 0 Å². The molecule has 1 aromatic heterocycles. The van der Waals surface area contributed by atoms with Crippen LogP contribution >= 0.6 is 0 Å². The van der Waals surface area contributed by atoms with Gasteiger partial charge in [0.25, 0.3) is 0 Å². The maximum atomic E-state index is 12.6. The van der Waals surface area contributed by atoms with Crippen LogP contribution in [0.1, 0.15) is 23.0 Å². The molecule has 2 aromatic rings. The number of carbonyl (C=O) groups is 1. The Bertz CT molecular complexity index is 716. The highest BCUT2D eigenvalue weighted by Crippen LogP contribution is 2.32. The number of hydrogen-bond donors (Lipinski definition) is 0. The van der Waals surface area contributed by atoms with Crippen LogP contribution < -0.4 is 9.47 Å².